The summed E-state index contributed by atoms with van der Waals surface area (Å²) < 4.78 is 10.9. The molecule has 1 N–H and O–H groups in total. The molecule has 0 aliphatic carbocycles. The van der Waals surface area contributed by atoms with Crippen molar-refractivity contribution in [1.82, 2.24) is 10.2 Å². The van der Waals surface area contributed by atoms with Crippen LogP contribution in [-0.4, -0.2) is 42.0 Å². The average molecular weight is 427 g/mol. The van der Waals surface area contributed by atoms with Crippen LogP contribution >= 0.6 is 0 Å². The third-order valence-electron chi connectivity index (χ3n) is 4.78. The normalized spacial score (nSPS) is 12.1. The molecule has 6 nitrogen and oxygen atoms in total. The molecule has 0 spiro atoms. The third kappa shape index (κ3) is 7.63. The van der Waals surface area contributed by atoms with Gasteiger partial charge in [-0.1, -0.05) is 36.8 Å². The van der Waals surface area contributed by atoms with E-state index in [0.717, 1.165) is 16.9 Å². The third-order valence-corrected chi connectivity index (χ3v) is 4.78. The van der Waals surface area contributed by atoms with Gasteiger partial charge in [-0.15, -0.1) is 0 Å². The van der Waals surface area contributed by atoms with Crippen LogP contribution in [0.1, 0.15) is 45.2 Å². The molecule has 0 saturated carbocycles. The second-order valence-corrected chi connectivity index (χ2v) is 8.63. The van der Waals surface area contributed by atoms with Crippen molar-refractivity contribution >= 4 is 11.8 Å². The number of carbonyl (C=O) groups is 2. The number of aryl methyl sites for hydroxylation is 1. The van der Waals surface area contributed by atoms with Gasteiger partial charge in [0.2, 0.25) is 5.91 Å². The average Bonchev–Trinajstić information content (AvgIpc) is 2.72. The van der Waals surface area contributed by atoms with Crippen molar-refractivity contribution < 1.29 is 19.1 Å². The molecule has 2 aromatic rings. The largest absolute Gasteiger partial charge is 0.497 e. The molecular weight excluding hydrogens is 392 g/mol. The molecule has 31 heavy (non-hydrogen) atoms. The van der Waals surface area contributed by atoms with Crippen molar-refractivity contribution in [3.8, 4) is 11.5 Å². The molecule has 1 atom stereocenters. The number of amides is 2. The maximum atomic E-state index is 13.2. The predicted octanol–water partition coefficient (Wildman–Crippen LogP) is 4.10. The standard InChI is InChI=1S/C25H34N2O4/c1-7-22(24(29)26-25(3,4)5)27(16-19-10-14-20(30-6)15-11-19)23(28)17-31-21-12-8-18(2)9-13-21/h8-15,22H,7,16-17H2,1-6H3,(H,26,29)/t22-/m0/s1. The smallest absolute Gasteiger partial charge is 0.261 e. The molecule has 0 bridgehead atoms. The molecule has 2 rings (SSSR count). The van der Waals surface area contributed by atoms with Gasteiger partial charge in [0, 0.05) is 12.1 Å². The second kappa shape index (κ2) is 10.8. The van der Waals surface area contributed by atoms with E-state index in [9.17, 15) is 9.59 Å². The first-order valence-electron chi connectivity index (χ1n) is 10.6. The molecule has 0 unspecified atom stereocenters. The predicted molar refractivity (Wildman–Crippen MR) is 122 cm³/mol. The van der Waals surface area contributed by atoms with Gasteiger partial charge in [0.25, 0.3) is 5.91 Å². The van der Waals surface area contributed by atoms with Crippen LogP contribution in [-0.2, 0) is 16.1 Å². The monoisotopic (exact) mass is 426 g/mol. The fraction of sp³-hybridized carbons (Fsp3) is 0.440. The number of carbonyl (C=O) groups excluding carboxylic acids is 2. The lowest BCUT2D eigenvalue weighted by atomic mass is 10.1. The van der Waals surface area contributed by atoms with Crippen LogP contribution in [0.2, 0.25) is 0 Å². The number of methoxy groups -OCH3 is 1. The van der Waals surface area contributed by atoms with E-state index in [0.29, 0.717) is 18.7 Å². The zero-order valence-corrected chi connectivity index (χ0v) is 19.4. The minimum Gasteiger partial charge on any atom is -0.497 e. The Hall–Kier alpha value is -3.02. The zero-order valence-electron chi connectivity index (χ0n) is 19.4. The van der Waals surface area contributed by atoms with Crippen molar-refractivity contribution in [1.29, 1.82) is 0 Å². The number of benzene rings is 2. The number of ether oxygens (including phenoxy) is 2. The Kier molecular flexibility index (Phi) is 8.48. The summed E-state index contributed by atoms with van der Waals surface area (Å²) >= 11 is 0. The van der Waals surface area contributed by atoms with Gasteiger partial charge in [-0.05, 0) is 63.9 Å². The molecule has 0 aliphatic rings. The van der Waals surface area contributed by atoms with Gasteiger partial charge in [-0.2, -0.15) is 0 Å². The molecule has 2 amide bonds. The maximum Gasteiger partial charge on any atom is 0.261 e. The first-order valence-corrected chi connectivity index (χ1v) is 10.6. The van der Waals surface area contributed by atoms with Crippen LogP contribution in [0.4, 0.5) is 0 Å². The van der Waals surface area contributed by atoms with Crippen molar-refractivity contribution in [3.63, 3.8) is 0 Å². The maximum absolute atomic E-state index is 13.2. The van der Waals surface area contributed by atoms with Gasteiger partial charge in [0.05, 0.1) is 7.11 Å². The molecule has 0 aliphatic heterocycles. The lowest BCUT2D eigenvalue weighted by molar-refractivity contribution is -0.143. The van der Waals surface area contributed by atoms with Crippen LogP contribution in [0.5, 0.6) is 11.5 Å². The van der Waals surface area contributed by atoms with Gasteiger partial charge in [-0.3, -0.25) is 9.59 Å². The lowest BCUT2D eigenvalue weighted by Gasteiger charge is -2.33. The first-order chi connectivity index (χ1) is 14.6. The van der Waals surface area contributed by atoms with Crippen molar-refractivity contribution in [2.45, 2.75) is 59.2 Å². The molecule has 2 aromatic carbocycles. The van der Waals surface area contributed by atoms with Gasteiger partial charge in [0.1, 0.15) is 17.5 Å². The first kappa shape index (κ1) is 24.3. The minimum atomic E-state index is -0.601. The summed E-state index contributed by atoms with van der Waals surface area (Å²) in [5.41, 5.74) is 1.63. The quantitative estimate of drug-likeness (QED) is 0.655. The van der Waals surface area contributed by atoms with Crippen LogP contribution in [0.25, 0.3) is 0 Å². The highest BCUT2D eigenvalue weighted by atomic mass is 16.5. The fourth-order valence-electron chi connectivity index (χ4n) is 3.16. The Balaban J connectivity index is 2.22. The minimum absolute atomic E-state index is 0.140. The van der Waals surface area contributed by atoms with Crippen LogP contribution < -0.4 is 14.8 Å². The van der Waals surface area contributed by atoms with Gasteiger partial charge >= 0.3 is 0 Å². The highest BCUT2D eigenvalue weighted by Crippen LogP contribution is 2.18. The second-order valence-electron chi connectivity index (χ2n) is 8.63. The highest BCUT2D eigenvalue weighted by molar-refractivity contribution is 5.88. The van der Waals surface area contributed by atoms with E-state index in [2.05, 4.69) is 5.32 Å². The SMILES string of the molecule is CC[C@@H](C(=O)NC(C)(C)C)N(Cc1ccc(OC)cc1)C(=O)COc1ccc(C)cc1. The van der Waals surface area contributed by atoms with Crippen molar-refractivity contribution in [3.05, 3.63) is 59.7 Å². The number of hydrogen-bond donors (Lipinski definition) is 1. The molecule has 0 fully saturated rings. The zero-order chi connectivity index (χ0) is 23.0. The van der Waals surface area contributed by atoms with Crippen molar-refractivity contribution in [2.24, 2.45) is 0 Å². The van der Waals surface area contributed by atoms with E-state index >= 15 is 0 Å². The van der Waals surface area contributed by atoms with E-state index in [-0.39, 0.29) is 18.4 Å². The summed E-state index contributed by atoms with van der Waals surface area (Å²) in [6.07, 6.45) is 0.494. The Morgan fingerprint density at radius 2 is 1.58 bits per heavy atom. The molecule has 0 radical (unpaired) electrons. The van der Waals surface area contributed by atoms with E-state index in [1.165, 1.54) is 0 Å². The number of nitrogens with zero attached hydrogens (tertiary/aromatic N) is 1. The van der Waals surface area contributed by atoms with Crippen LogP contribution in [0, 0.1) is 6.92 Å². The molecule has 0 aromatic heterocycles. The number of hydrogen-bond acceptors (Lipinski definition) is 4. The summed E-state index contributed by atoms with van der Waals surface area (Å²) in [7, 11) is 1.61. The summed E-state index contributed by atoms with van der Waals surface area (Å²) in [6, 6.07) is 14.4. The van der Waals surface area contributed by atoms with Crippen LogP contribution in [0.3, 0.4) is 0 Å². The van der Waals surface area contributed by atoms with Gasteiger partial charge < -0.3 is 19.7 Å². The number of nitrogens with one attached hydrogen (secondary N) is 1. The molecule has 0 heterocycles. The molecule has 6 heteroatoms. The van der Waals surface area contributed by atoms with Gasteiger partial charge in [-0.25, -0.2) is 0 Å². The topological polar surface area (TPSA) is 67.9 Å². The molecule has 168 valence electrons. The summed E-state index contributed by atoms with van der Waals surface area (Å²) in [5.74, 6) is 0.942. The summed E-state index contributed by atoms with van der Waals surface area (Å²) in [5, 5.41) is 3.00. The van der Waals surface area contributed by atoms with E-state index in [1.807, 2.05) is 83.1 Å². The van der Waals surface area contributed by atoms with Gasteiger partial charge in [0.15, 0.2) is 6.61 Å². The Morgan fingerprint density at radius 1 is 1.00 bits per heavy atom. The van der Waals surface area contributed by atoms with E-state index in [4.69, 9.17) is 9.47 Å². The number of rotatable bonds is 9. The molecular formula is C25H34N2O4. The Bertz CT molecular complexity index is 855. The summed E-state index contributed by atoms with van der Waals surface area (Å²) in [6.45, 7) is 9.83. The van der Waals surface area contributed by atoms with E-state index in [1.54, 1.807) is 12.0 Å². The fourth-order valence-corrected chi connectivity index (χ4v) is 3.16. The Morgan fingerprint density at radius 3 is 2.10 bits per heavy atom. The van der Waals surface area contributed by atoms with Crippen molar-refractivity contribution in [2.75, 3.05) is 13.7 Å². The molecule has 0 saturated heterocycles. The lowest BCUT2D eigenvalue weighted by Crippen LogP contribution is -2.54. The summed E-state index contributed by atoms with van der Waals surface area (Å²) in [4.78, 5) is 27.7. The highest BCUT2D eigenvalue weighted by Gasteiger charge is 2.30. The van der Waals surface area contributed by atoms with Crippen LogP contribution in [0.15, 0.2) is 48.5 Å². The van der Waals surface area contributed by atoms with E-state index < -0.39 is 11.6 Å². The Labute approximate surface area is 185 Å².